The molecule has 1 heterocycles. The van der Waals surface area contributed by atoms with E-state index in [0.717, 1.165) is 22.4 Å². The molecule has 0 aliphatic carbocycles. The summed E-state index contributed by atoms with van der Waals surface area (Å²) in [5.41, 5.74) is 5.41. The predicted molar refractivity (Wildman–Crippen MR) is 123 cm³/mol. The molecule has 3 aromatic carbocycles. The van der Waals surface area contributed by atoms with Crippen molar-refractivity contribution in [1.29, 1.82) is 0 Å². The van der Waals surface area contributed by atoms with Gasteiger partial charge >= 0.3 is 0 Å². The van der Waals surface area contributed by atoms with Gasteiger partial charge in [0.25, 0.3) is 11.8 Å². The van der Waals surface area contributed by atoms with Gasteiger partial charge in [-0.15, -0.1) is 0 Å². The number of imide groups is 1. The van der Waals surface area contributed by atoms with Gasteiger partial charge in [0.15, 0.2) is 0 Å². The summed E-state index contributed by atoms with van der Waals surface area (Å²) in [4.78, 5) is 28.4. The van der Waals surface area contributed by atoms with E-state index in [1.165, 1.54) is 4.90 Å². The topological polar surface area (TPSA) is 58.6 Å². The minimum Gasteiger partial charge on any atom is -0.496 e. The van der Waals surface area contributed by atoms with Gasteiger partial charge < -0.3 is 10.1 Å². The number of ether oxygens (including phenoxy) is 1. The Bertz CT molecular complexity index is 1210. The van der Waals surface area contributed by atoms with Gasteiger partial charge in [-0.1, -0.05) is 36.4 Å². The average molecular weight is 412 g/mol. The Balaban J connectivity index is 1.88. The first-order chi connectivity index (χ1) is 14.9. The largest absolute Gasteiger partial charge is 0.496 e. The van der Waals surface area contributed by atoms with Crippen LogP contribution in [-0.4, -0.2) is 18.9 Å². The quantitative estimate of drug-likeness (QED) is 0.598. The highest BCUT2D eigenvalue weighted by Gasteiger charge is 2.41. The van der Waals surface area contributed by atoms with E-state index in [0.29, 0.717) is 22.6 Å². The lowest BCUT2D eigenvalue weighted by molar-refractivity contribution is -0.120. The molecule has 31 heavy (non-hydrogen) atoms. The van der Waals surface area contributed by atoms with E-state index in [4.69, 9.17) is 4.74 Å². The Kier molecular flexibility index (Phi) is 5.34. The zero-order chi connectivity index (χ0) is 22.1. The van der Waals surface area contributed by atoms with Gasteiger partial charge in [-0.25, -0.2) is 4.90 Å². The number of amides is 2. The molecule has 3 aromatic rings. The fraction of sp³-hybridized carbons (Fsp3) is 0.154. The van der Waals surface area contributed by atoms with E-state index < -0.39 is 5.91 Å². The minimum absolute atomic E-state index is 0.235. The number of para-hydroxylation sites is 1. The zero-order valence-corrected chi connectivity index (χ0v) is 18.0. The Hall–Kier alpha value is -3.86. The summed E-state index contributed by atoms with van der Waals surface area (Å²) in [5, 5.41) is 3.20. The van der Waals surface area contributed by atoms with Crippen LogP contribution in [0.1, 0.15) is 22.3 Å². The lowest BCUT2D eigenvalue weighted by Crippen LogP contribution is -2.32. The first-order valence-corrected chi connectivity index (χ1v) is 10.1. The third-order valence-corrected chi connectivity index (χ3v) is 5.21. The van der Waals surface area contributed by atoms with Crippen LogP contribution in [0.4, 0.5) is 11.4 Å². The monoisotopic (exact) mass is 412 g/mol. The highest BCUT2D eigenvalue weighted by Crippen LogP contribution is 2.37. The van der Waals surface area contributed by atoms with Gasteiger partial charge in [-0.2, -0.15) is 0 Å². The molecule has 1 N–H and O–H groups in total. The summed E-state index contributed by atoms with van der Waals surface area (Å²) in [7, 11) is 1.55. The molecule has 0 atom stereocenters. The van der Waals surface area contributed by atoms with Gasteiger partial charge in [0.2, 0.25) is 0 Å². The molecule has 0 saturated carbocycles. The number of carbonyl (C=O) groups is 2. The van der Waals surface area contributed by atoms with E-state index in [-0.39, 0.29) is 11.6 Å². The van der Waals surface area contributed by atoms with E-state index in [9.17, 15) is 9.59 Å². The molecule has 0 spiro atoms. The van der Waals surface area contributed by atoms with Crippen LogP contribution in [0.15, 0.2) is 72.4 Å². The smallest absolute Gasteiger partial charge is 0.282 e. The first-order valence-electron chi connectivity index (χ1n) is 10.1. The fourth-order valence-electron chi connectivity index (χ4n) is 3.93. The summed E-state index contributed by atoms with van der Waals surface area (Å²) in [5.74, 6) is -0.239. The summed E-state index contributed by atoms with van der Waals surface area (Å²) in [6.45, 7) is 5.87. The van der Waals surface area contributed by atoms with Crippen LogP contribution in [0.3, 0.4) is 0 Å². The lowest BCUT2D eigenvalue weighted by atomic mass is 10.0. The Morgan fingerprint density at radius 2 is 1.48 bits per heavy atom. The maximum absolute atomic E-state index is 13.6. The number of methoxy groups -OCH3 is 1. The van der Waals surface area contributed by atoms with Crippen LogP contribution in [0.5, 0.6) is 5.75 Å². The van der Waals surface area contributed by atoms with Crippen molar-refractivity contribution in [3.8, 4) is 5.75 Å². The predicted octanol–water partition coefficient (Wildman–Crippen LogP) is 5.02. The SMILES string of the molecule is COc1ccccc1C1=C(Nc2cccc(C)c2)C(=O)N(c2cc(C)cc(C)c2)C1=O. The van der Waals surface area contributed by atoms with Crippen molar-refractivity contribution in [2.24, 2.45) is 0 Å². The Labute approximate surface area is 182 Å². The van der Waals surface area contributed by atoms with Crippen molar-refractivity contribution >= 4 is 28.8 Å². The fourth-order valence-corrected chi connectivity index (χ4v) is 3.93. The third-order valence-electron chi connectivity index (χ3n) is 5.21. The maximum atomic E-state index is 13.6. The molecule has 0 radical (unpaired) electrons. The molecule has 1 aliphatic heterocycles. The van der Waals surface area contributed by atoms with E-state index in [2.05, 4.69) is 5.32 Å². The van der Waals surface area contributed by atoms with Crippen molar-refractivity contribution in [2.45, 2.75) is 20.8 Å². The van der Waals surface area contributed by atoms with E-state index >= 15 is 0 Å². The van der Waals surface area contributed by atoms with Gasteiger partial charge in [0, 0.05) is 11.3 Å². The maximum Gasteiger partial charge on any atom is 0.282 e. The summed E-state index contributed by atoms with van der Waals surface area (Å²) in [6, 6.07) is 20.6. The number of benzene rings is 3. The van der Waals surface area contributed by atoms with Gasteiger partial charge in [-0.3, -0.25) is 9.59 Å². The zero-order valence-electron chi connectivity index (χ0n) is 18.0. The van der Waals surface area contributed by atoms with Crippen LogP contribution < -0.4 is 15.0 Å². The minimum atomic E-state index is -0.391. The van der Waals surface area contributed by atoms with Crippen LogP contribution >= 0.6 is 0 Å². The highest BCUT2D eigenvalue weighted by molar-refractivity contribution is 6.46. The highest BCUT2D eigenvalue weighted by atomic mass is 16.5. The number of nitrogens with one attached hydrogen (secondary N) is 1. The molecular formula is C26H24N2O3. The van der Waals surface area contributed by atoms with Crippen molar-refractivity contribution < 1.29 is 14.3 Å². The lowest BCUT2D eigenvalue weighted by Gasteiger charge is -2.17. The molecule has 5 heteroatoms. The van der Waals surface area contributed by atoms with E-state index in [1.807, 2.05) is 75.4 Å². The van der Waals surface area contributed by atoms with Crippen LogP contribution in [0, 0.1) is 20.8 Å². The molecule has 0 fully saturated rings. The third kappa shape index (κ3) is 3.82. The second-order valence-electron chi connectivity index (χ2n) is 7.74. The van der Waals surface area contributed by atoms with Crippen molar-refractivity contribution in [3.05, 3.63) is 94.7 Å². The second-order valence-corrected chi connectivity index (χ2v) is 7.74. The summed E-state index contributed by atoms with van der Waals surface area (Å²) < 4.78 is 5.49. The number of nitrogens with zero attached hydrogens (tertiary/aromatic N) is 1. The molecule has 0 saturated heterocycles. The van der Waals surface area contributed by atoms with Crippen LogP contribution in [-0.2, 0) is 9.59 Å². The second kappa shape index (κ2) is 8.11. The standard InChI is InChI=1S/C26H24N2O3/c1-16-8-7-9-19(13-16)27-24-23(21-10-5-6-11-22(21)31-4)25(29)28(26(24)30)20-14-17(2)12-18(3)15-20/h5-15,27H,1-4H3. The van der Waals surface area contributed by atoms with Crippen molar-refractivity contribution in [2.75, 3.05) is 17.3 Å². The number of aryl methyl sites for hydroxylation is 3. The molecule has 1 aliphatic rings. The Morgan fingerprint density at radius 3 is 2.16 bits per heavy atom. The number of rotatable bonds is 5. The number of hydrogen-bond acceptors (Lipinski definition) is 4. The summed E-state index contributed by atoms with van der Waals surface area (Å²) >= 11 is 0. The Morgan fingerprint density at radius 1 is 0.774 bits per heavy atom. The van der Waals surface area contributed by atoms with Crippen LogP contribution in [0.25, 0.3) is 5.57 Å². The molecule has 4 rings (SSSR count). The molecule has 2 amide bonds. The van der Waals surface area contributed by atoms with Gasteiger partial charge in [0.05, 0.1) is 18.4 Å². The summed E-state index contributed by atoms with van der Waals surface area (Å²) in [6.07, 6.45) is 0. The number of anilines is 2. The first kappa shape index (κ1) is 20.4. The molecule has 156 valence electrons. The van der Waals surface area contributed by atoms with Crippen molar-refractivity contribution in [3.63, 3.8) is 0 Å². The average Bonchev–Trinajstić information content (AvgIpc) is 2.96. The molecule has 0 aromatic heterocycles. The normalized spacial score (nSPS) is 13.7. The van der Waals surface area contributed by atoms with E-state index in [1.54, 1.807) is 19.2 Å². The van der Waals surface area contributed by atoms with Gasteiger partial charge in [0.1, 0.15) is 11.4 Å². The molecule has 0 unspecified atom stereocenters. The van der Waals surface area contributed by atoms with Crippen molar-refractivity contribution in [1.82, 2.24) is 0 Å². The molecule has 5 nitrogen and oxygen atoms in total. The molecule has 0 bridgehead atoms. The number of carbonyl (C=O) groups excluding carboxylic acids is 2. The van der Waals surface area contributed by atoms with Crippen LogP contribution in [0.2, 0.25) is 0 Å². The van der Waals surface area contributed by atoms with Gasteiger partial charge in [-0.05, 0) is 67.8 Å². The molecular weight excluding hydrogens is 388 g/mol. The number of hydrogen-bond donors (Lipinski definition) is 1.